The van der Waals surface area contributed by atoms with Gasteiger partial charge >= 0.3 is 0 Å². The summed E-state index contributed by atoms with van der Waals surface area (Å²) in [6.07, 6.45) is 1.02. The van der Waals surface area contributed by atoms with Crippen LogP contribution in [0.1, 0.15) is 30.5 Å². The molecule has 1 amide bonds. The molecule has 0 fully saturated rings. The van der Waals surface area contributed by atoms with E-state index in [4.69, 9.17) is 5.26 Å². The lowest BCUT2D eigenvalue weighted by atomic mass is 10.1. The van der Waals surface area contributed by atoms with Crippen molar-refractivity contribution in [2.75, 3.05) is 12.4 Å². The number of benzene rings is 2. The van der Waals surface area contributed by atoms with E-state index in [9.17, 15) is 4.79 Å². The summed E-state index contributed by atoms with van der Waals surface area (Å²) in [6.45, 7) is 4.72. The van der Waals surface area contributed by atoms with Gasteiger partial charge in [0.05, 0.1) is 17.7 Å². The summed E-state index contributed by atoms with van der Waals surface area (Å²) in [5.41, 5.74) is 3.67. The van der Waals surface area contributed by atoms with E-state index >= 15 is 0 Å². The van der Waals surface area contributed by atoms with Crippen molar-refractivity contribution in [2.45, 2.75) is 32.9 Å². The number of carbonyl (C=O) groups excluding carboxylic acids is 1. The lowest BCUT2D eigenvalue weighted by Gasteiger charge is -2.24. The highest BCUT2D eigenvalue weighted by atomic mass is 16.2. The van der Waals surface area contributed by atoms with Gasteiger partial charge in [-0.05, 0) is 49.7 Å². The van der Waals surface area contributed by atoms with Crippen LogP contribution >= 0.6 is 0 Å². The van der Waals surface area contributed by atoms with Crippen molar-refractivity contribution in [1.82, 2.24) is 4.90 Å². The van der Waals surface area contributed by atoms with Crippen molar-refractivity contribution in [3.63, 3.8) is 0 Å². The minimum absolute atomic E-state index is 0.0854. The monoisotopic (exact) mass is 321 g/mol. The first-order valence-electron chi connectivity index (χ1n) is 8.12. The second kappa shape index (κ2) is 8.28. The average molecular weight is 321 g/mol. The molecule has 4 heteroatoms. The van der Waals surface area contributed by atoms with Crippen LogP contribution in [0, 0.1) is 11.3 Å². The van der Waals surface area contributed by atoms with E-state index in [2.05, 4.69) is 42.6 Å². The summed E-state index contributed by atoms with van der Waals surface area (Å²) in [6, 6.07) is 17.2. The molecule has 0 radical (unpaired) electrons. The maximum Gasteiger partial charge on any atom is 0.241 e. The molecular weight excluding hydrogens is 298 g/mol. The number of anilines is 1. The minimum Gasteiger partial charge on any atom is -0.325 e. The molecule has 0 bridgehead atoms. The quantitative estimate of drug-likeness (QED) is 0.885. The molecular formula is C20H23N3O. The Labute approximate surface area is 143 Å². The van der Waals surface area contributed by atoms with Gasteiger partial charge in [-0.3, -0.25) is 9.69 Å². The number of nitriles is 1. The molecule has 0 unspecified atom stereocenters. The fourth-order valence-electron chi connectivity index (χ4n) is 2.42. The van der Waals surface area contributed by atoms with Crippen LogP contribution < -0.4 is 5.32 Å². The van der Waals surface area contributed by atoms with Crippen LogP contribution in [-0.2, 0) is 17.8 Å². The van der Waals surface area contributed by atoms with Crippen LogP contribution in [0.3, 0.4) is 0 Å². The third-order valence-corrected chi connectivity index (χ3v) is 4.16. The molecule has 124 valence electrons. The standard InChI is InChI=1S/C20H23N3O/c1-4-16-8-10-17(11-9-16)14-23(3)15(2)20(24)22-19-7-5-6-18(12-19)13-21/h5-12,15H,4,14H2,1-3H3,(H,22,24)/t15-/m0/s1. The summed E-state index contributed by atoms with van der Waals surface area (Å²) >= 11 is 0. The molecule has 0 heterocycles. The minimum atomic E-state index is -0.276. The molecule has 0 spiro atoms. The van der Waals surface area contributed by atoms with Gasteiger partial charge in [0, 0.05) is 12.2 Å². The smallest absolute Gasteiger partial charge is 0.241 e. The van der Waals surface area contributed by atoms with Gasteiger partial charge in [0.2, 0.25) is 5.91 Å². The van der Waals surface area contributed by atoms with Gasteiger partial charge in [-0.25, -0.2) is 0 Å². The molecule has 0 saturated carbocycles. The molecule has 2 aromatic carbocycles. The maximum absolute atomic E-state index is 12.4. The predicted molar refractivity (Wildman–Crippen MR) is 96.5 cm³/mol. The first-order chi connectivity index (χ1) is 11.5. The van der Waals surface area contributed by atoms with Gasteiger partial charge in [-0.15, -0.1) is 0 Å². The highest BCUT2D eigenvalue weighted by molar-refractivity contribution is 5.94. The molecule has 2 rings (SSSR count). The Kier molecular flexibility index (Phi) is 6.11. The van der Waals surface area contributed by atoms with Gasteiger partial charge in [0.25, 0.3) is 0 Å². The van der Waals surface area contributed by atoms with Crippen LogP contribution in [0.15, 0.2) is 48.5 Å². The highest BCUT2D eigenvalue weighted by Gasteiger charge is 2.18. The summed E-state index contributed by atoms with van der Waals surface area (Å²) < 4.78 is 0. The fraction of sp³-hybridized carbons (Fsp3) is 0.300. The molecule has 1 N–H and O–H groups in total. The second-order valence-corrected chi connectivity index (χ2v) is 5.94. The van der Waals surface area contributed by atoms with Crippen molar-refractivity contribution >= 4 is 11.6 Å². The van der Waals surface area contributed by atoms with Crippen molar-refractivity contribution in [1.29, 1.82) is 5.26 Å². The summed E-state index contributed by atoms with van der Waals surface area (Å²) in [5.74, 6) is -0.0854. The van der Waals surface area contributed by atoms with E-state index in [1.165, 1.54) is 11.1 Å². The van der Waals surface area contributed by atoms with Crippen LogP contribution in [-0.4, -0.2) is 23.9 Å². The number of nitrogens with one attached hydrogen (secondary N) is 1. The lowest BCUT2D eigenvalue weighted by Crippen LogP contribution is -2.39. The van der Waals surface area contributed by atoms with Gasteiger partial charge in [-0.1, -0.05) is 37.3 Å². The Morgan fingerprint density at radius 1 is 1.21 bits per heavy atom. The van der Waals surface area contributed by atoms with Crippen molar-refractivity contribution in [3.8, 4) is 6.07 Å². The predicted octanol–water partition coefficient (Wildman–Crippen LogP) is 3.58. The first kappa shape index (κ1) is 17.7. The number of amides is 1. The van der Waals surface area contributed by atoms with Gasteiger partial charge in [-0.2, -0.15) is 5.26 Å². The van der Waals surface area contributed by atoms with Crippen LogP contribution in [0.25, 0.3) is 0 Å². The van der Waals surface area contributed by atoms with Gasteiger partial charge in [0.1, 0.15) is 0 Å². The summed E-state index contributed by atoms with van der Waals surface area (Å²) in [5, 5.41) is 11.8. The van der Waals surface area contributed by atoms with E-state index in [1.54, 1.807) is 24.3 Å². The van der Waals surface area contributed by atoms with Crippen molar-refractivity contribution < 1.29 is 4.79 Å². The van der Waals surface area contributed by atoms with Crippen LogP contribution in [0.2, 0.25) is 0 Å². The normalized spacial score (nSPS) is 11.8. The van der Waals surface area contributed by atoms with E-state index in [0.717, 1.165) is 6.42 Å². The average Bonchev–Trinajstić information content (AvgIpc) is 2.61. The zero-order chi connectivity index (χ0) is 17.5. The SMILES string of the molecule is CCc1ccc(CN(C)[C@@H](C)C(=O)Nc2cccc(C#N)c2)cc1. The topological polar surface area (TPSA) is 56.1 Å². The third kappa shape index (κ3) is 4.68. The number of hydrogen-bond donors (Lipinski definition) is 1. The molecule has 0 aliphatic heterocycles. The number of carbonyl (C=O) groups is 1. The van der Waals surface area contributed by atoms with Crippen LogP contribution in [0.5, 0.6) is 0 Å². The van der Waals surface area contributed by atoms with E-state index in [-0.39, 0.29) is 11.9 Å². The summed E-state index contributed by atoms with van der Waals surface area (Å²) in [7, 11) is 1.93. The number of aryl methyl sites for hydroxylation is 1. The van der Waals surface area contributed by atoms with Crippen molar-refractivity contribution in [3.05, 3.63) is 65.2 Å². The molecule has 0 aliphatic rings. The van der Waals surface area contributed by atoms with E-state index < -0.39 is 0 Å². The molecule has 0 aliphatic carbocycles. The molecule has 1 atom stereocenters. The van der Waals surface area contributed by atoms with Crippen LogP contribution in [0.4, 0.5) is 5.69 Å². The molecule has 0 aromatic heterocycles. The Balaban J connectivity index is 1.97. The van der Waals surface area contributed by atoms with Gasteiger partial charge < -0.3 is 5.32 Å². The van der Waals surface area contributed by atoms with Gasteiger partial charge in [0.15, 0.2) is 0 Å². The number of rotatable bonds is 6. The number of likely N-dealkylation sites (N-methyl/N-ethyl adjacent to an activating group) is 1. The molecule has 4 nitrogen and oxygen atoms in total. The molecule has 0 saturated heterocycles. The summed E-state index contributed by atoms with van der Waals surface area (Å²) in [4.78, 5) is 14.4. The Morgan fingerprint density at radius 2 is 1.88 bits per heavy atom. The third-order valence-electron chi connectivity index (χ3n) is 4.16. The van der Waals surface area contributed by atoms with Crippen molar-refractivity contribution in [2.24, 2.45) is 0 Å². The zero-order valence-electron chi connectivity index (χ0n) is 14.4. The number of nitrogens with zero attached hydrogens (tertiary/aromatic N) is 2. The molecule has 2 aromatic rings. The number of hydrogen-bond acceptors (Lipinski definition) is 3. The fourth-order valence-corrected chi connectivity index (χ4v) is 2.42. The van der Waals surface area contributed by atoms with E-state index in [0.29, 0.717) is 17.8 Å². The Morgan fingerprint density at radius 3 is 2.50 bits per heavy atom. The highest BCUT2D eigenvalue weighted by Crippen LogP contribution is 2.13. The van der Waals surface area contributed by atoms with E-state index in [1.807, 2.05) is 18.9 Å². The first-order valence-corrected chi connectivity index (χ1v) is 8.12. The zero-order valence-corrected chi connectivity index (χ0v) is 14.4. The lowest BCUT2D eigenvalue weighted by molar-refractivity contribution is -0.120. The Hall–Kier alpha value is -2.64. The maximum atomic E-state index is 12.4. The Bertz CT molecular complexity index is 731. The molecule has 24 heavy (non-hydrogen) atoms. The largest absolute Gasteiger partial charge is 0.325 e. The second-order valence-electron chi connectivity index (χ2n) is 5.94.